The zero-order valence-electron chi connectivity index (χ0n) is 16.1. The van der Waals surface area contributed by atoms with Crippen molar-refractivity contribution in [1.29, 1.82) is 0 Å². The number of terminal acetylenes is 1. The van der Waals surface area contributed by atoms with Gasteiger partial charge in [-0.25, -0.2) is 9.59 Å². The van der Waals surface area contributed by atoms with Crippen molar-refractivity contribution >= 4 is 17.1 Å². The quantitative estimate of drug-likeness (QED) is 0.369. The van der Waals surface area contributed by atoms with E-state index in [0.29, 0.717) is 16.5 Å². The predicted octanol–water partition coefficient (Wildman–Crippen LogP) is 2.53. The summed E-state index contributed by atoms with van der Waals surface area (Å²) in [6.07, 6.45) is -0.406. The van der Waals surface area contributed by atoms with E-state index in [4.69, 9.17) is 20.6 Å². The van der Waals surface area contributed by atoms with E-state index in [2.05, 4.69) is 5.92 Å². The maximum absolute atomic E-state index is 13.0. The summed E-state index contributed by atoms with van der Waals surface area (Å²) in [6.45, 7) is 1.65. The normalized spacial score (nSPS) is 21.4. The fourth-order valence-corrected chi connectivity index (χ4v) is 3.50. The molecule has 0 radical (unpaired) electrons. The van der Waals surface area contributed by atoms with Gasteiger partial charge >= 0.3 is 17.2 Å². The molecule has 1 aliphatic rings. The van der Waals surface area contributed by atoms with Crippen molar-refractivity contribution in [1.82, 2.24) is 9.55 Å². The van der Waals surface area contributed by atoms with Crippen LogP contribution >= 0.6 is 11.8 Å². The molecule has 2 rings (SSSR count). The predicted molar refractivity (Wildman–Crippen MR) is 102 cm³/mol. The first-order valence-electron chi connectivity index (χ1n) is 9.10. The van der Waals surface area contributed by atoms with Crippen LogP contribution in [-0.4, -0.2) is 46.0 Å². The highest BCUT2D eigenvalue weighted by atomic mass is 32.2. The molecule has 0 bridgehead atoms. The summed E-state index contributed by atoms with van der Waals surface area (Å²) in [4.78, 5) is 36.9. The Morgan fingerprint density at radius 3 is 2.83 bits per heavy atom. The van der Waals surface area contributed by atoms with E-state index in [1.807, 2.05) is 6.92 Å². The number of carbonyl (C=O) groups is 1. The zero-order chi connectivity index (χ0) is 22.3. The molecule has 1 aromatic heterocycles. The van der Waals surface area contributed by atoms with Gasteiger partial charge in [-0.3, -0.25) is 14.3 Å². The zero-order valence-corrected chi connectivity index (χ0v) is 16.9. The number of aromatic amines is 1. The van der Waals surface area contributed by atoms with E-state index in [1.165, 1.54) is 0 Å². The SMILES string of the molecule is C#CCO[C@H]1C[C@H](n2cc(C(F)(F)F)c(=O)[nH]c2=O)O[C@@H]1COC(=O)SCCCC. The third-order valence-corrected chi connectivity index (χ3v) is 5.07. The van der Waals surface area contributed by atoms with Gasteiger partial charge in [-0.1, -0.05) is 19.3 Å². The van der Waals surface area contributed by atoms with Gasteiger partial charge in [0, 0.05) is 18.4 Å². The highest BCUT2D eigenvalue weighted by Gasteiger charge is 2.40. The van der Waals surface area contributed by atoms with Crippen LogP contribution in [0.3, 0.4) is 0 Å². The molecule has 0 unspecified atom stereocenters. The van der Waals surface area contributed by atoms with E-state index >= 15 is 0 Å². The van der Waals surface area contributed by atoms with Crippen LogP contribution in [-0.2, 0) is 20.4 Å². The molecule has 1 aromatic rings. The molecular formula is C18H21F3N2O6S. The number of hydrogen-bond donors (Lipinski definition) is 1. The van der Waals surface area contributed by atoms with Crippen LogP contribution in [0, 0.1) is 12.3 Å². The lowest BCUT2D eigenvalue weighted by Crippen LogP contribution is -2.36. The minimum Gasteiger partial charge on any atom is -0.455 e. The average molecular weight is 450 g/mol. The average Bonchev–Trinajstić information content (AvgIpc) is 3.06. The van der Waals surface area contributed by atoms with Crippen LogP contribution < -0.4 is 11.2 Å². The van der Waals surface area contributed by atoms with Crippen molar-refractivity contribution in [2.24, 2.45) is 0 Å². The molecule has 0 aromatic carbocycles. The second kappa shape index (κ2) is 10.7. The molecule has 1 aliphatic heterocycles. The van der Waals surface area contributed by atoms with Gasteiger partial charge in [-0.2, -0.15) is 13.2 Å². The molecule has 3 atom stereocenters. The number of nitrogens with one attached hydrogen (secondary N) is 1. The Kier molecular flexibility index (Phi) is 8.57. The molecule has 1 saturated heterocycles. The number of H-pyrrole nitrogens is 1. The molecule has 12 heteroatoms. The largest absolute Gasteiger partial charge is 0.455 e. The van der Waals surface area contributed by atoms with Gasteiger partial charge in [-0.05, 0) is 18.2 Å². The topological polar surface area (TPSA) is 99.6 Å². The maximum atomic E-state index is 13.0. The van der Waals surface area contributed by atoms with Crippen LogP contribution in [0.5, 0.6) is 0 Å². The Bertz CT molecular complexity index is 892. The Balaban J connectivity index is 2.15. The first-order chi connectivity index (χ1) is 14.2. The second-order valence-corrected chi connectivity index (χ2v) is 7.42. The summed E-state index contributed by atoms with van der Waals surface area (Å²) in [5.74, 6) is 2.85. The number of ether oxygens (including phenoxy) is 3. The van der Waals surface area contributed by atoms with Crippen molar-refractivity contribution in [3.05, 3.63) is 32.6 Å². The highest BCUT2D eigenvalue weighted by molar-refractivity contribution is 8.13. The number of thioether (sulfide) groups is 1. The number of aromatic nitrogens is 2. The van der Waals surface area contributed by atoms with Crippen LogP contribution in [0.1, 0.15) is 38.0 Å². The van der Waals surface area contributed by atoms with Gasteiger partial charge in [-0.15, -0.1) is 6.42 Å². The van der Waals surface area contributed by atoms with E-state index in [9.17, 15) is 27.6 Å². The molecule has 0 aliphatic carbocycles. The first-order valence-corrected chi connectivity index (χ1v) is 10.1. The third kappa shape index (κ3) is 6.38. The number of alkyl halides is 3. The van der Waals surface area contributed by atoms with Crippen LogP contribution in [0.2, 0.25) is 0 Å². The molecule has 1 fully saturated rings. The van der Waals surface area contributed by atoms with Gasteiger partial charge in [0.25, 0.3) is 5.56 Å². The van der Waals surface area contributed by atoms with Crippen molar-refractivity contribution in [2.75, 3.05) is 19.0 Å². The molecule has 166 valence electrons. The summed E-state index contributed by atoms with van der Waals surface area (Å²) in [7, 11) is 0. The first kappa shape index (κ1) is 24.0. The fraction of sp³-hybridized carbons (Fsp3) is 0.611. The number of hydrogen-bond acceptors (Lipinski definition) is 7. The Morgan fingerprint density at radius 2 is 2.20 bits per heavy atom. The van der Waals surface area contributed by atoms with Gasteiger partial charge in [0.15, 0.2) is 0 Å². The molecule has 0 spiro atoms. The molecule has 30 heavy (non-hydrogen) atoms. The standard InChI is InChI=1S/C18H21F3N2O6S/c1-3-5-7-30-17(26)28-10-13-12(27-6-4-2)8-14(29-13)23-9-11(18(19,20)21)15(24)22-16(23)25/h2,9,12-14H,3,5-8,10H2,1H3,(H,22,24,25)/t12-,13+,14+/m0/s1. The van der Waals surface area contributed by atoms with Crippen LogP contribution in [0.25, 0.3) is 0 Å². The summed E-state index contributed by atoms with van der Waals surface area (Å²) < 4.78 is 55.9. The lowest BCUT2D eigenvalue weighted by molar-refractivity contribution is -0.139. The van der Waals surface area contributed by atoms with Crippen molar-refractivity contribution < 1.29 is 32.2 Å². The molecular weight excluding hydrogens is 429 g/mol. The number of nitrogens with zero attached hydrogens (tertiary/aromatic N) is 1. The van der Waals surface area contributed by atoms with E-state index < -0.39 is 46.7 Å². The Labute approximate surface area is 174 Å². The van der Waals surface area contributed by atoms with E-state index in [-0.39, 0.29) is 19.6 Å². The van der Waals surface area contributed by atoms with Gasteiger partial charge in [0.2, 0.25) is 0 Å². The lowest BCUT2D eigenvalue weighted by atomic mass is 10.2. The highest BCUT2D eigenvalue weighted by Crippen LogP contribution is 2.32. The number of unbranched alkanes of at least 4 members (excludes halogenated alkanes) is 1. The summed E-state index contributed by atoms with van der Waals surface area (Å²) in [5.41, 5.74) is -4.15. The molecule has 0 saturated carbocycles. The maximum Gasteiger partial charge on any atom is 0.423 e. The summed E-state index contributed by atoms with van der Waals surface area (Å²) in [6, 6.07) is 0. The number of carbonyl (C=O) groups excluding carboxylic acids is 1. The third-order valence-electron chi connectivity index (χ3n) is 4.23. The second-order valence-electron chi connectivity index (χ2n) is 6.39. The molecule has 1 N–H and O–H groups in total. The van der Waals surface area contributed by atoms with E-state index in [0.717, 1.165) is 24.6 Å². The van der Waals surface area contributed by atoms with Gasteiger partial charge in [0.1, 0.15) is 31.1 Å². The van der Waals surface area contributed by atoms with Gasteiger partial charge in [0.05, 0.1) is 6.10 Å². The monoisotopic (exact) mass is 450 g/mol. The molecule has 0 amide bonds. The smallest absolute Gasteiger partial charge is 0.423 e. The Hall–Kier alpha value is -2.23. The minimum absolute atomic E-state index is 0.0316. The minimum atomic E-state index is -4.95. The van der Waals surface area contributed by atoms with Crippen molar-refractivity contribution in [3.8, 4) is 12.3 Å². The van der Waals surface area contributed by atoms with Crippen molar-refractivity contribution in [2.45, 2.75) is 50.8 Å². The number of halogens is 3. The van der Waals surface area contributed by atoms with Crippen LogP contribution in [0.15, 0.2) is 15.8 Å². The van der Waals surface area contributed by atoms with Crippen LogP contribution in [0.4, 0.5) is 18.0 Å². The summed E-state index contributed by atoms with van der Waals surface area (Å²) >= 11 is 1.000. The van der Waals surface area contributed by atoms with Gasteiger partial charge < -0.3 is 14.2 Å². The fourth-order valence-electron chi connectivity index (χ4n) is 2.74. The lowest BCUT2D eigenvalue weighted by Gasteiger charge is -2.18. The van der Waals surface area contributed by atoms with E-state index in [1.54, 1.807) is 4.98 Å². The van der Waals surface area contributed by atoms with Crippen molar-refractivity contribution in [3.63, 3.8) is 0 Å². The Morgan fingerprint density at radius 1 is 1.47 bits per heavy atom. The molecule has 2 heterocycles. The summed E-state index contributed by atoms with van der Waals surface area (Å²) in [5, 5.41) is -0.522. The molecule has 8 nitrogen and oxygen atoms in total. The number of rotatable bonds is 8.